The summed E-state index contributed by atoms with van der Waals surface area (Å²) in [6, 6.07) is 3.22. The Morgan fingerprint density at radius 1 is 1.06 bits per heavy atom. The van der Waals surface area contributed by atoms with E-state index in [9.17, 15) is 21.6 Å². The van der Waals surface area contributed by atoms with Gasteiger partial charge >= 0.3 is 6.18 Å². The van der Waals surface area contributed by atoms with E-state index in [2.05, 4.69) is 37.3 Å². The van der Waals surface area contributed by atoms with E-state index in [1.165, 1.54) is 17.4 Å². The minimum Gasteiger partial charge on any atom is -0.344 e. The SMILES string of the molecule is Cc1nc(Nc2nnc(N3CCN(C)CC3)s2)sc1-c1ccc(S(C)(=O)=O)c(C(F)(F)F)c1. The Morgan fingerprint density at radius 2 is 1.76 bits per heavy atom. The quantitative estimate of drug-likeness (QED) is 0.544. The van der Waals surface area contributed by atoms with Crippen molar-refractivity contribution in [2.24, 2.45) is 0 Å². The van der Waals surface area contributed by atoms with Gasteiger partial charge in [0.1, 0.15) is 0 Å². The van der Waals surface area contributed by atoms with E-state index in [-0.39, 0.29) is 5.56 Å². The first-order chi connectivity index (χ1) is 15.4. The number of thiazole rings is 1. The fourth-order valence-corrected chi connectivity index (χ4v) is 6.13. The molecule has 0 radical (unpaired) electrons. The Kier molecular flexibility index (Phi) is 6.37. The van der Waals surface area contributed by atoms with Gasteiger partial charge in [-0.25, -0.2) is 13.4 Å². The molecule has 0 aliphatic carbocycles. The Morgan fingerprint density at radius 3 is 2.39 bits per heavy atom. The molecular formula is C19H21F3N6O2S3. The van der Waals surface area contributed by atoms with Crippen LogP contribution >= 0.6 is 22.7 Å². The zero-order valence-corrected chi connectivity index (χ0v) is 20.4. The van der Waals surface area contributed by atoms with Gasteiger partial charge in [0.25, 0.3) is 0 Å². The normalized spacial score (nSPS) is 15.8. The molecule has 0 unspecified atom stereocenters. The van der Waals surface area contributed by atoms with Crippen molar-refractivity contribution in [2.45, 2.75) is 18.0 Å². The summed E-state index contributed by atoms with van der Waals surface area (Å²) in [7, 11) is -1.97. The minimum atomic E-state index is -4.81. The second-order valence-corrected chi connectivity index (χ2v) is 11.7. The van der Waals surface area contributed by atoms with E-state index in [0.717, 1.165) is 61.0 Å². The molecule has 2 aromatic heterocycles. The summed E-state index contributed by atoms with van der Waals surface area (Å²) < 4.78 is 64.2. The van der Waals surface area contributed by atoms with Crippen LogP contribution in [0.1, 0.15) is 11.3 Å². The van der Waals surface area contributed by atoms with Gasteiger partial charge in [0.15, 0.2) is 15.0 Å². The van der Waals surface area contributed by atoms with Gasteiger partial charge in [-0.1, -0.05) is 28.7 Å². The predicted molar refractivity (Wildman–Crippen MR) is 123 cm³/mol. The maximum atomic E-state index is 13.5. The summed E-state index contributed by atoms with van der Waals surface area (Å²) >= 11 is 2.55. The lowest BCUT2D eigenvalue weighted by Crippen LogP contribution is -2.44. The summed E-state index contributed by atoms with van der Waals surface area (Å²) in [5, 5.41) is 13.3. The molecule has 0 atom stereocenters. The van der Waals surface area contributed by atoms with Crippen molar-refractivity contribution in [2.75, 3.05) is 49.7 Å². The highest BCUT2D eigenvalue weighted by Crippen LogP contribution is 2.40. The summed E-state index contributed by atoms with van der Waals surface area (Å²) in [6.07, 6.45) is -4.05. The smallest absolute Gasteiger partial charge is 0.344 e. The monoisotopic (exact) mass is 518 g/mol. The number of hydrogen-bond donors (Lipinski definition) is 1. The van der Waals surface area contributed by atoms with E-state index in [4.69, 9.17) is 0 Å². The van der Waals surface area contributed by atoms with Gasteiger partial charge in [0.05, 0.1) is 21.0 Å². The fraction of sp³-hybridized carbons (Fsp3) is 0.421. The average molecular weight is 519 g/mol. The van der Waals surface area contributed by atoms with Crippen LogP contribution in [-0.2, 0) is 16.0 Å². The lowest BCUT2D eigenvalue weighted by atomic mass is 10.1. The molecule has 0 amide bonds. The average Bonchev–Trinajstić information content (AvgIpc) is 3.33. The molecule has 1 aliphatic rings. The number of aryl methyl sites for hydroxylation is 1. The summed E-state index contributed by atoms with van der Waals surface area (Å²) in [5.41, 5.74) is -0.426. The van der Waals surface area contributed by atoms with Crippen molar-refractivity contribution in [3.63, 3.8) is 0 Å². The number of anilines is 3. The number of sulfone groups is 1. The van der Waals surface area contributed by atoms with Crippen molar-refractivity contribution < 1.29 is 21.6 Å². The van der Waals surface area contributed by atoms with Crippen LogP contribution in [0.3, 0.4) is 0 Å². The van der Waals surface area contributed by atoms with Crippen LogP contribution in [-0.4, -0.2) is 68.0 Å². The molecule has 1 aromatic carbocycles. The third kappa shape index (κ3) is 5.28. The molecule has 3 aromatic rings. The van der Waals surface area contributed by atoms with Gasteiger partial charge in [-0.05, 0) is 31.7 Å². The fourth-order valence-electron chi connectivity index (χ4n) is 3.42. The van der Waals surface area contributed by atoms with Gasteiger partial charge in [-0.3, -0.25) is 0 Å². The summed E-state index contributed by atoms with van der Waals surface area (Å²) in [6.45, 7) is 5.28. The van der Waals surface area contributed by atoms with Crippen LogP contribution in [0.25, 0.3) is 10.4 Å². The number of likely N-dealkylation sites (N-methyl/N-ethyl adjacent to an activating group) is 1. The zero-order valence-electron chi connectivity index (χ0n) is 18.0. The van der Waals surface area contributed by atoms with Gasteiger partial charge in [-0.15, -0.1) is 10.2 Å². The van der Waals surface area contributed by atoms with Crippen molar-refractivity contribution in [1.29, 1.82) is 0 Å². The lowest BCUT2D eigenvalue weighted by molar-refractivity contribution is -0.139. The molecule has 3 heterocycles. The highest BCUT2D eigenvalue weighted by molar-refractivity contribution is 7.90. The van der Waals surface area contributed by atoms with Crippen LogP contribution < -0.4 is 10.2 Å². The summed E-state index contributed by atoms with van der Waals surface area (Å²) in [5.74, 6) is 0. The van der Waals surface area contributed by atoms with Gasteiger partial charge in [0, 0.05) is 32.4 Å². The second-order valence-electron chi connectivity index (χ2n) is 7.72. The van der Waals surface area contributed by atoms with E-state index >= 15 is 0 Å². The molecule has 1 fully saturated rings. The molecule has 0 bridgehead atoms. The van der Waals surface area contributed by atoms with Crippen LogP contribution in [0, 0.1) is 6.92 Å². The van der Waals surface area contributed by atoms with E-state index in [1.54, 1.807) is 6.92 Å². The number of hydrogen-bond acceptors (Lipinski definition) is 10. The molecule has 1 saturated heterocycles. The van der Waals surface area contributed by atoms with Crippen molar-refractivity contribution in [3.8, 4) is 10.4 Å². The Labute approximate surface area is 197 Å². The molecule has 14 heteroatoms. The molecule has 0 spiro atoms. The molecule has 33 heavy (non-hydrogen) atoms. The first kappa shape index (κ1) is 23.9. The molecule has 4 rings (SSSR count). The molecule has 1 aliphatic heterocycles. The number of nitrogens with zero attached hydrogens (tertiary/aromatic N) is 5. The molecule has 1 N–H and O–H groups in total. The summed E-state index contributed by atoms with van der Waals surface area (Å²) in [4.78, 5) is 8.56. The lowest BCUT2D eigenvalue weighted by Gasteiger charge is -2.31. The van der Waals surface area contributed by atoms with Crippen molar-refractivity contribution >= 4 is 47.9 Å². The van der Waals surface area contributed by atoms with Crippen LogP contribution in [0.5, 0.6) is 0 Å². The third-order valence-corrected chi connectivity index (χ3v) is 8.32. The molecule has 0 saturated carbocycles. The van der Waals surface area contributed by atoms with E-state index < -0.39 is 26.5 Å². The third-order valence-electron chi connectivity index (χ3n) is 5.15. The zero-order chi connectivity index (χ0) is 24.0. The van der Waals surface area contributed by atoms with Crippen LogP contribution in [0.2, 0.25) is 0 Å². The van der Waals surface area contributed by atoms with Crippen LogP contribution in [0.4, 0.5) is 28.6 Å². The topological polar surface area (TPSA) is 91.3 Å². The number of nitrogens with one attached hydrogen (secondary N) is 1. The number of piperazine rings is 1. The Balaban J connectivity index is 1.58. The number of benzene rings is 1. The maximum Gasteiger partial charge on any atom is 0.417 e. The standard InChI is InChI=1S/C19H21F3N6O2S3/c1-11-15(12-4-5-14(33(3,29)30)13(10-12)19(20,21)22)31-16(23-11)24-17-25-26-18(32-17)28-8-6-27(2)7-9-28/h4-5,10H,6-9H2,1-3H3,(H,23,24,25). The highest BCUT2D eigenvalue weighted by Gasteiger charge is 2.36. The Bertz CT molecular complexity index is 1260. The first-order valence-electron chi connectivity index (χ1n) is 9.85. The van der Waals surface area contributed by atoms with Crippen molar-refractivity contribution in [1.82, 2.24) is 20.1 Å². The number of rotatable bonds is 5. The van der Waals surface area contributed by atoms with Crippen LogP contribution in [0.15, 0.2) is 23.1 Å². The Hall–Kier alpha value is -2.29. The predicted octanol–water partition coefficient (Wildman–Crippen LogP) is 3.89. The van der Waals surface area contributed by atoms with E-state index in [1.807, 2.05) is 0 Å². The van der Waals surface area contributed by atoms with Crippen molar-refractivity contribution in [3.05, 3.63) is 29.5 Å². The number of alkyl halides is 3. The molecule has 8 nitrogen and oxygen atoms in total. The van der Waals surface area contributed by atoms with Gasteiger partial charge < -0.3 is 15.1 Å². The minimum absolute atomic E-state index is 0.244. The maximum absolute atomic E-state index is 13.5. The molecular weight excluding hydrogens is 497 g/mol. The number of halogens is 3. The number of aromatic nitrogens is 3. The first-order valence-corrected chi connectivity index (χ1v) is 13.4. The van der Waals surface area contributed by atoms with E-state index in [0.29, 0.717) is 20.8 Å². The second kappa shape index (κ2) is 8.81. The molecule has 178 valence electrons. The largest absolute Gasteiger partial charge is 0.417 e. The van der Waals surface area contributed by atoms with Gasteiger partial charge in [0.2, 0.25) is 10.3 Å². The highest BCUT2D eigenvalue weighted by atomic mass is 32.2. The van der Waals surface area contributed by atoms with Gasteiger partial charge in [-0.2, -0.15) is 13.2 Å².